The van der Waals surface area contributed by atoms with E-state index in [0.717, 1.165) is 12.2 Å². The Morgan fingerprint density at radius 3 is 2.89 bits per heavy atom. The molecular formula is C11H15N3O3S. The van der Waals surface area contributed by atoms with Crippen molar-refractivity contribution in [1.29, 1.82) is 0 Å². The second kappa shape index (κ2) is 6.85. The largest absolute Gasteiger partial charge is 0.393 e. The minimum Gasteiger partial charge on any atom is -0.393 e. The maximum atomic E-state index is 11.8. The molecule has 1 aromatic carbocycles. The molecule has 0 atom stereocenters. The Morgan fingerprint density at radius 1 is 1.56 bits per heavy atom. The van der Waals surface area contributed by atoms with Crippen molar-refractivity contribution in [3.8, 4) is 0 Å². The van der Waals surface area contributed by atoms with Crippen LogP contribution in [0.2, 0.25) is 0 Å². The van der Waals surface area contributed by atoms with Crippen molar-refractivity contribution < 1.29 is 9.72 Å². The normalized spacial score (nSPS) is 10.1. The van der Waals surface area contributed by atoms with Gasteiger partial charge in [-0.25, -0.2) is 0 Å². The van der Waals surface area contributed by atoms with Crippen LogP contribution in [-0.2, 0) is 0 Å². The number of nitrogen functional groups attached to an aromatic ring is 1. The molecule has 0 saturated carbocycles. The number of carbonyl (C=O) groups excluding carboxylic acids is 1. The molecule has 0 fully saturated rings. The molecule has 0 spiro atoms. The summed E-state index contributed by atoms with van der Waals surface area (Å²) in [6.45, 7) is 0.492. The van der Waals surface area contributed by atoms with Crippen LogP contribution in [0, 0.1) is 10.1 Å². The van der Waals surface area contributed by atoms with Crippen molar-refractivity contribution in [2.24, 2.45) is 0 Å². The second-order valence-corrected chi connectivity index (χ2v) is 4.59. The van der Waals surface area contributed by atoms with E-state index in [0.29, 0.717) is 6.54 Å². The molecule has 0 bridgehead atoms. The number of nitro groups is 1. The predicted molar refractivity (Wildman–Crippen MR) is 72.8 cm³/mol. The molecule has 6 nitrogen and oxygen atoms in total. The van der Waals surface area contributed by atoms with Crippen LogP contribution in [0.3, 0.4) is 0 Å². The third kappa shape index (κ3) is 3.63. The number of nitro benzene ring substituents is 1. The highest BCUT2D eigenvalue weighted by Crippen LogP contribution is 2.25. The average Bonchev–Trinajstić information content (AvgIpc) is 2.33. The van der Waals surface area contributed by atoms with Crippen LogP contribution in [-0.4, -0.2) is 29.4 Å². The van der Waals surface area contributed by atoms with Crippen LogP contribution in [0.4, 0.5) is 11.4 Å². The van der Waals surface area contributed by atoms with Gasteiger partial charge in [-0.05, 0) is 30.6 Å². The lowest BCUT2D eigenvalue weighted by Gasteiger charge is -2.06. The van der Waals surface area contributed by atoms with E-state index in [1.165, 1.54) is 18.2 Å². The molecule has 7 heteroatoms. The fourth-order valence-corrected chi connectivity index (χ4v) is 1.90. The van der Waals surface area contributed by atoms with Gasteiger partial charge >= 0.3 is 5.69 Å². The molecule has 98 valence electrons. The molecule has 0 aliphatic rings. The monoisotopic (exact) mass is 269 g/mol. The van der Waals surface area contributed by atoms with Gasteiger partial charge in [0.1, 0.15) is 11.3 Å². The van der Waals surface area contributed by atoms with Crippen molar-refractivity contribution >= 4 is 29.0 Å². The van der Waals surface area contributed by atoms with Gasteiger partial charge in [0.05, 0.1) is 4.92 Å². The second-order valence-electron chi connectivity index (χ2n) is 3.60. The minimum absolute atomic E-state index is 0.00300. The number of anilines is 1. The zero-order valence-electron chi connectivity index (χ0n) is 10.0. The van der Waals surface area contributed by atoms with Gasteiger partial charge in [0.2, 0.25) is 0 Å². The summed E-state index contributed by atoms with van der Waals surface area (Å²) < 4.78 is 0. The lowest BCUT2D eigenvalue weighted by Crippen LogP contribution is -2.25. The molecule has 0 saturated heterocycles. The number of rotatable bonds is 6. The van der Waals surface area contributed by atoms with Gasteiger partial charge in [-0.15, -0.1) is 0 Å². The number of nitrogens with one attached hydrogen (secondary N) is 1. The number of hydrogen-bond acceptors (Lipinski definition) is 5. The van der Waals surface area contributed by atoms with Crippen molar-refractivity contribution in [2.45, 2.75) is 6.42 Å². The Balaban J connectivity index is 2.79. The highest BCUT2D eigenvalue weighted by atomic mass is 32.2. The van der Waals surface area contributed by atoms with Crippen LogP contribution in [0.1, 0.15) is 16.8 Å². The summed E-state index contributed by atoms with van der Waals surface area (Å²) in [5, 5.41) is 13.5. The summed E-state index contributed by atoms with van der Waals surface area (Å²) in [6.07, 6.45) is 2.80. The quantitative estimate of drug-likeness (QED) is 0.354. The fourth-order valence-electron chi connectivity index (χ4n) is 1.46. The smallest absolute Gasteiger partial charge is 0.304 e. The first kappa shape index (κ1) is 14.3. The topological polar surface area (TPSA) is 98.3 Å². The van der Waals surface area contributed by atoms with Crippen molar-refractivity contribution in [3.63, 3.8) is 0 Å². The maximum Gasteiger partial charge on any atom is 0.304 e. The van der Waals surface area contributed by atoms with Crippen LogP contribution < -0.4 is 11.1 Å². The molecule has 0 unspecified atom stereocenters. The number of nitrogens with zero attached hydrogens (tertiary/aromatic N) is 1. The van der Waals surface area contributed by atoms with E-state index in [2.05, 4.69) is 5.32 Å². The minimum atomic E-state index is -0.633. The molecule has 18 heavy (non-hydrogen) atoms. The molecule has 1 amide bonds. The van der Waals surface area contributed by atoms with Crippen molar-refractivity contribution in [2.75, 3.05) is 24.3 Å². The van der Waals surface area contributed by atoms with Crippen LogP contribution in [0.15, 0.2) is 18.2 Å². The van der Waals surface area contributed by atoms with Crippen LogP contribution in [0.25, 0.3) is 0 Å². The van der Waals surface area contributed by atoms with E-state index < -0.39 is 10.8 Å². The molecule has 0 aromatic heterocycles. The van der Waals surface area contributed by atoms with Gasteiger partial charge in [-0.1, -0.05) is 6.07 Å². The van der Waals surface area contributed by atoms with Gasteiger partial charge in [0.25, 0.3) is 5.91 Å². The van der Waals surface area contributed by atoms with Crippen LogP contribution in [0.5, 0.6) is 0 Å². The number of carbonyl (C=O) groups is 1. The highest BCUT2D eigenvalue weighted by molar-refractivity contribution is 7.98. The number of benzene rings is 1. The number of amides is 1. The van der Waals surface area contributed by atoms with Gasteiger partial charge in [0.15, 0.2) is 0 Å². The number of para-hydroxylation sites is 1. The number of thioether (sulfide) groups is 1. The van der Waals surface area contributed by atoms with E-state index in [9.17, 15) is 14.9 Å². The third-order valence-electron chi connectivity index (χ3n) is 2.31. The summed E-state index contributed by atoms with van der Waals surface area (Å²) in [5.74, 6) is 0.467. The summed E-state index contributed by atoms with van der Waals surface area (Å²) >= 11 is 1.68. The van der Waals surface area contributed by atoms with Crippen molar-refractivity contribution in [3.05, 3.63) is 33.9 Å². The Kier molecular flexibility index (Phi) is 5.44. The van der Waals surface area contributed by atoms with E-state index in [-0.39, 0.29) is 16.9 Å². The van der Waals surface area contributed by atoms with E-state index in [4.69, 9.17) is 5.73 Å². The summed E-state index contributed by atoms with van der Waals surface area (Å²) in [4.78, 5) is 22.0. The Morgan fingerprint density at radius 2 is 2.28 bits per heavy atom. The third-order valence-corrected chi connectivity index (χ3v) is 3.00. The lowest BCUT2D eigenvalue weighted by molar-refractivity contribution is -0.384. The zero-order valence-corrected chi connectivity index (χ0v) is 10.8. The van der Waals surface area contributed by atoms with Gasteiger partial charge in [-0.2, -0.15) is 11.8 Å². The Bertz CT molecular complexity index is 451. The molecule has 0 heterocycles. The standard InChI is InChI=1S/C11H15N3O3S/c1-18-7-3-6-13-11(15)8-4-2-5-9(12)10(8)14(16)17/h2,4-5H,3,6-7,12H2,1H3,(H,13,15). The lowest BCUT2D eigenvalue weighted by atomic mass is 10.1. The Hall–Kier alpha value is -1.76. The highest BCUT2D eigenvalue weighted by Gasteiger charge is 2.22. The molecule has 1 aromatic rings. The zero-order chi connectivity index (χ0) is 13.5. The SMILES string of the molecule is CSCCCNC(=O)c1cccc(N)c1[N+](=O)[O-]. The summed E-state index contributed by atoms with van der Waals surface area (Å²) in [5.41, 5.74) is 5.18. The van der Waals surface area contributed by atoms with Gasteiger partial charge < -0.3 is 11.1 Å². The summed E-state index contributed by atoms with van der Waals surface area (Å²) in [7, 11) is 0. The number of hydrogen-bond donors (Lipinski definition) is 2. The van der Waals surface area contributed by atoms with E-state index >= 15 is 0 Å². The van der Waals surface area contributed by atoms with E-state index in [1.54, 1.807) is 11.8 Å². The maximum absolute atomic E-state index is 11.8. The first-order valence-electron chi connectivity index (χ1n) is 5.38. The van der Waals surface area contributed by atoms with Gasteiger partial charge in [-0.3, -0.25) is 14.9 Å². The predicted octanol–water partition coefficient (Wildman–Crippen LogP) is 1.66. The first-order valence-corrected chi connectivity index (χ1v) is 6.77. The van der Waals surface area contributed by atoms with Crippen LogP contribution >= 0.6 is 11.8 Å². The summed E-state index contributed by atoms with van der Waals surface area (Å²) in [6, 6.07) is 4.33. The molecule has 1 rings (SSSR count). The molecule has 0 aliphatic heterocycles. The molecule has 0 aliphatic carbocycles. The fraction of sp³-hybridized carbons (Fsp3) is 0.364. The molecule has 3 N–H and O–H groups in total. The average molecular weight is 269 g/mol. The van der Waals surface area contributed by atoms with Gasteiger partial charge in [0, 0.05) is 6.54 Å². The Labute approximate surface area is 109 Å². The van der Waals surface area contributed by atoms with Crippen molar-refractivity contribution in [1.82, 2.24) is 5.32 Å². The first-order chi connectivity index (χ1) is 8.57. The molecule has 0 radical (unpaired) electrons. The molecular weight excluding hydrogens is 254 g/mol. The van der Waals surface area contributed by atoms with E-state index in [1.807, 2.05) is 6.26 Å². The number of nitrogens with two attached hydrogens (primary N) is 1.